The van der Waals surface area contributed by atoms with Crippen LogP contribution < -0.4 is 10.6 Å². The molecule has 0 spiro atoms. The fourth-order valence-corrected chi connectivity index (χ4v) is 2.11. The lowest BCUT2D eigenvalue weighted by Crippen LogP contribution is -2.54. The smallest absolute Gasteiger partial charge is 0.244 e. The number of carbonyl (C=O) groups is 1. The number of hydrogen-bond donors (Lipinski definition) is 2. The lowest BCUT2D eigenvalue weighted by atomic mass is 9.90. The molecule has 0 bridgehead atoms. The number of nitrogens with one attached hydrogen (secondary N) is 2. The summed E-state index contributed by atoms with van der Waals surface area (Å²) < 4.78 is 26.5. The molecule has 0 aliphatic carbocycles. The molecule has 1 saturated heterocycles. The summed E-state index contributed by atoms with van der Waals surface area (Å²) in [5.41, 5.74) is -0.828. The highest BCUT2D eigenvalue weighted by atomic mass is 19.2. The van der Waals surface area contributed by atoms with Gasteiger partial charge < -0.3 is 10.6 Å². The van der Waals surface area contributed by atoms with Crippen LogP contribution in [0.5, 0.6) is 0 Å². The Morgan fingerprint density at radius 3 is 2.83 bits per heavy atom. The van der Waals surface area contributed by atoms with Crippen molar-refractivity contribution in [3.8, 4) is 0 Å². The zero-order valence-electron chi connectivity index (χ0n) is 10.2. The number of halogens is 2. The minimum Gasteiger partial charge on any atom is -0.322 e. The van der Waals surface area contributed by atoms with Crippen LogP contribution >= 0.6 is 0 Å². The van der Waals surface area contributed by atoms with E-state index in [4.69, 9.17) is 0 Å². The van der Waals surface area contributed by atoms with Crippen LogP contribution in [0.3, 0.4) is 0 Å². The molecule has 1 aliphatic heterocycles. The zero-order valence-corrected chi connectivity index (χ0v) is 10.2. The maximum Gasteiger partial charge on any atom is 0.244 e. The quantitative estimate of drug-likeness (QED) is 0.851. The third-order valence-electron chi connectivity index (χ3n) is 3.32. The second kappa shape index (κ2) is 5.02. The number of rotatable bonds is 2. The molecule has 3 nitrogen and oxygen atoms in total. The van der Waals surface area contributed by atoms with Gasteiger partial charge in [-0.1, -0.05) is 6.07 Å². The van der Waals surface area contributed by atoms with Gasteiger partial charge in [0.05, 0.1) is 11.2 Å². The summed E-state index contributed by atoms with van der Waals surface area (Å²) in [6.07, 6.45) is 2.66. The van der Waals surface area contributed by atoms with Gasteiger partial charge >= 0.3 is 0 Å². The summed E-state index contributed by atoms with van der Waals surface area (Å²) in [7, 11) is 0. The molecule has 0 radical (unpaired) electrons. The first kappa shape index (κ1) is 13.0. The summed E-state index contributed by atoms with van der Waals surface area (Å²) in [4.78, 5) is 12.1. The third kappa shape index (κ3) is 2.51. The van der Waals surface area contributed by atoms with Crippen molar-refractivity contribution in [1.82, 2.24) is 5.32 Å². The van der Waals surface area contributed by atoms with Gasteiger partial charge in [0.1, 0.15) is 0 Å². The van der Waals surface area contributed by atoms with E-state index in [1.54, 1.807) is 6.92 Å². The van der Waals surface area contributed by atoms with Crippen LogP contribution in [0.4, 0.5) is 14.5 Å². The zero-order chi connectivity index (χ0) is 13.2. The molecule has 0 saturated carbocycles. The first-order chi connectivity index (χ1) is 8.53. The molecule has 2 rings (SSSR count). The van der Waals surface area contributed by atoms with Crippen molar-refractivity contribution in [3.05, 3.63) is 29.8 Å². The van der Waals surface area contributed by atoms with Gasteiger partial charge in [0.15, 0.2) is 11.6 Å². The predicted octanol–water partition coefficient (Wildman–Crippen LogP) is 2.44. The summed E-state index contributed by atoms with van der Waals surface area (Å²) >= 11 is 0. The van der Waals surface area contributed by atoms with Crippen LogP contribution in [0.1, 0.15) is 26.2 Å². The van der Waals surface area contributed by atoms with Crippen LogP contribution in [-0.4, -0.2) is 18.0 Å². The van der Waals surface area contributed by atoms with E-state index in [0.29, 0.717) is 6.42 Å². The number of anilines is 1. The van der Waals surface area contributed by atoms with Crippen molar-refractivity contribution < 1.29 is 13.6 Å². The highest BCUT2D eigenvalue weighted by molar-refractivity contribution is 5.98. The van der Waals surface area contributed by atoms with Crippen molar-refractivity contribution in [2.75, 3.05) is 11.9 Å². The highest BCUT2D eigenvalue weighted by Crippen LogP contribution is 2.22. The van der Waals surface area contributed by atoms with Crippen LogP contribution in [0.25, 0.3) is 0 Å². The first-order valence-corrected chi connectivity index (χ1v) is 6.03. The van der Waals surface area contributed by atoms with E-state index in [2.05, 4.69) is 10.6 Å². The second-order valence-electron chi connectivity index (χ2n) is 4.77. The van der Waals surface area contributed by atoms with Crippen molar-refractivity contribution in [2.45, 2.75) is 31.7 Å². The van der Waals surface area contributed by atoms with E-state index in [1.165, 1.54) is 12.1 Å². The van der Waals surface area contributed by atoms with Crippen LogP contribution in [0.2, 0.25) is 0 Å². The normalized spacial score (nSPS) is 23.7. The van der Waals surface area contributed by atoms with E-state index in [0.717, 1.165) is 25.5 Å². The molecule has 0 aromatic heterocycles. The fourth-order valence-electron chi connectivity index (χ4n) is 2.11. The Kier molecular flexibility index (Phi) is 3.61. The monoisotopic (exact) mass is 254 g/mol. The average Bonchev–Trinajstić information content (AvgIpc) is 2.36. The fraction of sp³-hybridized carbons (Fsp3) is 0.462. The molecule has 1 atom stereocenters. The van der Waals surface area contributed by atoms with Crippen molar-refractivity contribution in [1.29, 1.82) is 0 Å². The topological polar surface area (TPSA) is 41.1 Å². The van der Waals surface area contributed by atoms with Crippen molar-refractivity contribution >= 4 is 11.6 Å². The molecule has 1 amide bonds. The Bertz CT molecular complexity index is 456. The lowest BCUT2D eigenvalue weighted by molar-refractivity contribution is -0.122. The van der Waals surface area contributed by atoms with E-state index in [9.17, 15) is 13.6 Å². The number of piperidine rings is 1. The predicted molar refractivity (Wildman–Crippen MR) is 65.2 cm³/mol. The number of carbonyl (C=O) groups excluding carboxylic acids is 1. The molecule has 1 aliphatic rings. The molecule has 5 heteroatoms. The molecule has 1 heterocycles. The van der Waals surface area contributed by atoms with E-state index in [1.807, 2.05) is 0 Å². The third-order valence-corrected chi connectivity index (χ3v) is 3.32. The minimum absolute atomic E-state index is 0.117. The van der Waals surface area contributed by atoms with Gasteiger partial charge in [0.25, 0.3) is 0 Å². The minimum atomic E-state index is -1.02. The molecule has 1 aromatic carbocycles. The number of amides is 1. The Hall–Kier alpha value is -1.49. The van der Waals surface area contributed by atoms with Gasteiger partial charge in [-0.05, 0) is 44.9 Å². The molecule has 18 heavy (non-hydrogen) atoms. The second-order valence-corrected chi connectivity index (χ2v) is 4.77. The van der Waals surface area contributed by atoms with Gasteiger partial charge in [0.2, 0.25) is 5.91 Å². The summed E-state index contributed by atoms with van der Waals surface area (Å²) in [5.74, 6) is -2.31. The summed E-state index contributed by atoms with van der Waals surface area (Å²) in [5, 5.41) is 5.57. The lowest BCUT2D eigenvalue weighted by Gasteiger charge is -2.33. The molecule has 1 fully saturated rings. The van der Waals surface area contributed by atoms with Gasteiger partial charge in [-0.15, -0.1) is 0 Å². The SMILES string of the molecule is CC1(C(=O)Nc2cccc(F)c2F)CCCCN1. The molecule has 98 valence electrons. The molecule has 1 unspecified atom stereocenters. The van der Waals surface area contributed by atoms with Crippen molar-refractivity contribution in [3.63, 3.8) is 0 Å². The van der Waals surface area contributed by atoms with Crippen LogP contribution in [-0.2, 0) is 4.79 Å². The molecule has 2 N–H and O–H groups in total. The molecular formula is C13H16F2N2O. The first-order valence-electron chi connectivity index (χ1n) is 6.03. The van der Waals surface area contributed by atoms with E-state index in [-0.39, 0.29) is 11.6 Å². The van der Waals surface area contributed by atoms with Crippen molar-refractivity contribution in [2.24, 2.45) is 0 Å². The maximum absolute atomic E-state index is 13.4. The van der Waals surface area contributed by atoms with Gasteiger partial charge in [0, 0.05) is 0 Å². The number of benzene rings is 1. The summed E-state index contributed by atoms with van der Waals surface area (Å²) in [6, 6.07) is 3.73. The Morgan fingerprint density at radius 1 is 1.39 bits per heavy atom. The van der Waals surface area contributed by atoms with Gasteiger partial charge in [-0.25, -0.2) is 8.78 Å². The average molecular weight is 254 g/mol. The molecular weight excluding hydrogens is 238 g/mol. The highest BCUT2D eigenvalue weighted by Gasteiger charge is 2.34. The number of hydrogen-bond acceptors (Lipinski definition) is 2. The summed E-state index contributed by atoms with van der Waals surface area (Å²) in [6.45, 7) is 2.54. The van der Waals surface area contributed by atoms with E-state index >= 15 is 0 Å². The Balaban J connectivity index is 2.13. The van der Waals surface area contributed by atoms with Gasteiger partial charge in [-0.2, -0.15) is 0 Å². The van der Waals surface area contributed by atoms with Crippen LogP contribution in [0, 0.1) is 11.6 Å². The Labute approximate surface area is 105 Å². The van der Waals surface area contributed by atoms with Gasteiger partial charge in [-0.3, -0.25) is 4.79 Å². The standard InChI is InChI=1S/C13H16F2N2O/c1-13(7-2-3-8-16-13)12(18)17-10-6-4-5-9(14)11(10)15/h4-6,16H,2-3,7-8H2,1H3,(H,17,18). The van der Waals surface area contributed by atoms with E-state index < -0.39 is 17.2 Å². The Morgan fingerprint density at radius 2 is 2.17 bits per heavy atom. The largest absolute Gasteiger partial charge is 0.322 e. The maximum atomic E-state index is 13.4. The molecule has 1 aromatic rings. The van der Waals surface area contributed by atoms with Crippen LogP contribution in [0.15, 0.2) is 18.2 Å².